The van der Waals surface area contributed by atoms with E-state index in [0.717, 1.165) is 29.7 Å². The van der Waals surface area contributed by atoms with Crippen LogP contribution in [-0.2, 0) is 19.4 Å². The summed E-state index contributed by atoms with van der Waals surface area (Å²) >= 11 is 1.61. The monoisotopic (exact) mass is 398 g/mol. The number of fused-ring (bicyclic) bond motifs is 3. The number of halogens is 1. The molecule has 1 aromatic carbocycles. The van der Waals surface area contributed by atoms with Gasteiger partial charge in [-0.2, -0.15) is 0 Å². The van der Waals surface area contributed by atoms with Gasteiger partial charge in [-0.15, -0.1) is 11.3 Å². The van der Waals surface area contributed by atoms with Crippen molar-refractivity contribution in [1.82, 2.24) is 9.55 Å². The number of ketones is 1. The minimum absolute atomic E-state index is 0.0946. The second-order valence-corrected chi connectivity index (χ2v) is 9.68. The summed E-state index contributed by atoms with van der Waals surface area (Å²) in [7, 11) is 0. The van der Waals surface area contributed by atoms with E-state index >= 15 is 0 Å². The number of aromatic nitrogens is 2. The summed E-state index contributed by atoms with van der Waals surface area (Å²) in [6.45, 7) is 6.70. The number of hydrogen-bond acceptors (Lipinski definition) is 4. The van der Waals surface area contributed by atoms with Crippen molar-refractivity contribution in [3.8, 4) is 0 Å². The van der Waals surface area contributed by atoms with Crippen LogP contribution in [0.1, 0.15) is 48.0 Å². The third-order valence-corrected chi connectivity index (χ3v) is 6.90. The lowest BCUT2D eigenvalue weighted by atomic mass is 9.72. The van der Waals surface area contributed by atoms with E-state index in [9.17, 15) is 14.0 Å². The minimum Gasteiger partial charge on any atom is -0.292 e. The lowest BCUT2D eigenvalue weighted by Crippen LogP contribution is -2.27. The number of nitrogens with zero attached hydrogens (tertiary/aromatic N) is 2. The third kappa shape index (κ3) is 3.41. The summed E-state index contributed by atoms with van der Waals surface area (Å²) in [4.78, 5) is 32.0. The SMILES string of the molecule is CC(C)(C)C1CCc2c(sc3ncn(CC(=O)c4ccc(F)cc4)c(=O)c23)C1. The van der Waals surface area contributed by atoms with Gasteiger partial charge in [-0.3, -0.25) is 14.2 Å². The lowest BCUT2D eigenvalue weighted by molar-refractivity contribution is 0.0970. The fourth-order valence-electron chi connectivity index (χ4n) is 3.93. The van der Waals surface area contributed by atoms with Crippen LogP contribution in [0.4, 0.5) is 4.39 Å². The molecule has 0 aliphatic heterocycles. The molecule has 0 amide bonds. The summed E-state index contributed by atoms with van der Waals surface area (Å²) in [6.07, 6.45) is 4.37. The normalized spacial score (nSPS) is 16.9. The van der Waals surface area contributed by atoms with E-state index in [1.165, 1.54) is 40.0 Å². The van der Waals surface area contributed by atoms with Crippen LogP contribution in [-0.4, -0.2) is 15.3 Å². The van der Waals surface area contributed by atoms with Gasteiger partial charge in [0.25, 0.3) is 5.56 Å². The van der Waals surface area contributed by atoms with E-state index < -0.39 is 5.82 Å². The van der Waals surface area contributed by atoms with Gasteiger partial charge in [-0.1, -0.05) is 20.8 Å². The van der Waals surface area contributed by atoms with Gasteiger partial charge in [0, 0.05) is 10.4 Å². The molecule has 0 fully saturated rings. The number of hydrogen-bond donors (Lipinski definition) is 0. The van der Waals surface area contributed by atoms with Crippen LogP contribution in [0.25, 0.3) is 10.2 Å². The number of rotatable bonds is 3. The molecule has 0 spiro atoms. The van der Waals surface area contributed by atoms with E-state index in [1.807, 2.05) is 0 Å². The fourth-order valence-corrected chi connectivity index (χ4v) is 5.19. The summed E-state index contributed by atoms with van der Waals surface area (Å²) in [6, 6.07) is 5.37. The van der Waals surface area contributed by atoms with Crippen molar-refractivity contribution in [3.05, 3.63) is 62.8 Å². The minimum atomic E-state index is -0.393. The van der Waals surface area contributed by atoms with Gasteiger partial charge in [-0.05, 0) is 60.4 Å². The van der Waals surface area contributed by atoms with Gasteiger partial charge in [0.1, 0.15) is 10.6 Å². The largest absolute Gasteiger partial charge is 0.292 e. The second kappa shape index (κ2) is 6.92. The summed E-state index contributed by atoms with van der Waals surface area (Å²) in [5.74, 6) is -0.0363. The van der Waals surface area contributed by atoms with Crippen LogP contribution in [0.3, 0.4) is 0 Å². The Hall–Kier alpha value is -2.34. The van der Waals surface area contributed by atoms with Crippen molar-refractivity contribution in [2.75, 3.05) is 0 Å². The molecule has 1 unspecified atom stereocenters. The maximum atomic E-state index is 13.1. The molecule has 3 aromatic rings. The van der Waals surface area contributed by atoms with Crippen LogP contribution < -0.4 is 5.56 Å². The van der Waals surface area contributed by atoms with Crippen LogP contribution in [0.5, 0.6) is 0 Å². The molecule has 1 aliphatic rings. The number of benzene rings is 1. The molecule has 2 heterocycles. The highest BCUT2D eigenvalue weighted by molar-refractivity contribution is 7.18. The Kier molecular flexibility index (Phi) is 4.70. The Morgan fingerprint density at radius 3 is 2.68 bits per heavy atom. The number of Topliss-reactive ketones (excluding diaryl/α,β-unsaturated/α-hetero) is 1. The number of thiophene rings is 1. The molecule has 0 saturated heterocycles. The molecule has 28 heavy (non-hydrogen) atoms. The van der Waals surface area contributed by atoms with E-state index in [-0.39, 0.29) is 23.3 Å². The topological polar surface area (TPSA) is 52.0 Å². The Morgan fingerprint density at radius 1 is 1.29 bits per heavy atom. The zero-order valence-electron chi connectivity index (χ0n) is 16.3. The van der Waals surface area contributed by atoms with Crippen molar-refractivity contribution in [2.45, 2.75) is 46.6 Å². The summed E-state index contributed by atoms with van der Waals surface area (Å²) in [5.41, 5.74) is 1.57. The van der Waals surface area contributed by atoms with E-state index in [1.54, 1.807) is 11.3 Å². The third-order valence-electron chi connectivity index (χ3n) is 5.74. The van der Waals surface area contributed by atoms with Gasteiger partial charge in [0.2, 0.25) is 0 Å². The summed E-state index contributed by atoms with van der Waals surface area (Å²) in [5, 5.41) is 0.668. The van der Waals surface area contributed by atoms with Crippen molar-refractivity contribution >= 4 is 27.3 Å². The van der Waals surface area contributed by atoms with Gasteiger partial charge in [0.15, 0.2) is 5.78 Å². The quantitative estimate of drug-likeness (QED) is 0.605. The van der Waals surface area contributed by atoms with Crippen molar-refractivity contribution in [3.63, 3.8) is 0 Å². The van der Waals surface area contributed by atoms with Crippen molar-refractivity contribution in [2.24, 2.45) is 11.3 Å². The first-order valence-corrected chi connectivity index (χ1v) is 10.3. The highest BCUT2D eigenvalue weighted by atomic mass is 32.1. The maximum Gasteiger partial charge on any atom is 0.262 e. The van der Waals surface area contributed by atoms with Crippen LogP contribution >= 0.6 is 11.3 Å². The zero-order chi connectivity index (χ0) is 20.1. The van der Waals surface area contributed by atoms with E-state index in [2.05, 4.69) is 25.8 Å². The molecule has 0 saturated carbocycles. The molecule has 0 bridgehead atoms. The Morgan fingerprint density at radius 2 is 2.00 bits per heavy atom. The molecule has 1 aliphatic carbocycles. The molecule has 146 valence electrons. The maximum absolute atomic E-state index is 13.1. The van der Waals surface area contributed by atoms with Gasteiger partial charge in [0.05, 0.1) is 18.3 Å². The molecule has 0 radical (unpaired) electrons. The Labute approximate surface area is 167 Å². The van der Waals surface area contributed by atoms with Gasteiger partial charge in [-0.25, -0.2) is 9.37 Å². The van der Waals surface area contributed by atoms with Crippen LogP contribution in [0.2, 0.25) is 0 Å². The average molecular weight is 399 g/mol. The van der Waals surface area contributed by atoms with Crippen LogP contribution in [0.15, 0.2) is 35.4 Å². The standard InChI is InChI=1S/C22H23FN2O2S/c1-22(2,3)14-6-9-16-18(10-14)28-20-19(16)21(27)25(12-24-20)11-17(26)13-4-7-15(23)8-5-13/h4-5,7-8,12,14H,6,9-11H2,1-3H3. The number of aryl methyl sites for hydroxylation is 1. The molecule has 1 atom stereocenters. The predicted molar refractivity (Wildman–Crippen MR) is 110 cm³/mol. The number of carbonyl (C=O) groups excluding carboxylic acids is 1. The average Bonchev–Trinajstić information content (AvgIpc) is 3.02. The zero-order valence-corrected chi connectivity index (χ0v) is 17.1. The highest BCUT2D eigenvalue weighted by Crippen LogP contribution is 2.41. The molecule has 6 heteroatoms. The highest BCUT2D eigenvalue weighted by Gasteiger charge is 2.31. The first kappa shape index (κ1) is 19.0. The van der Waals surface area contributed by atoms with E-state index in [0.29, 0.717) is 16.9 Å². The molecular formula is C22H23FN2O2S. The fraction of sp³-hybridized carbons (Fsp3) is 0.409. The van der Waals surface area contributed by atoms with Gasteiger partial charge >= 0.3 is 0 Å². The molecular weight excluding hydrogens is 375 g/mol. The van der Waals surface area contributed by atoms with Crippen LogP contribution in [0, 0.1) is 17.2 Å². The molecule has 4 nitrogen and oxygen atoms in total. The number of carbonyl (C=O) groups is 1. The first-order valence-electron chi connectivity index (χ1n) is 9.52. The molecule has 4 rings (SSSR count). The van der Waals surface area contributed by atoms with Gasteiger partial charge < -0.3 is 0 Å². The smallest absolute Gasteiger partial charge is 0.262 e. The van der Waals surface area contributed by atoms with Crippen molar-refractivity contribution in [1.29, 1.82) is 0 Å². The first-order chi connectivity index (χ1) is 13.2. The predicted octanol–water partition coefficient (Wildman–Crippen LogP) is 4.63. The summed E-state index contributed by atoms with van der Waals surface area (Å²) < 4.78 is 14.4. The lowest BCUT2D eigenvalue weighted by Gasteiger charge is -2.33. The Balaban J connectivity index is 1.67. The van der Waals surface area contributed by atoms with Crippen molar-refractivity contribution < 1.29 is 9.18 Å². The van der Waals surface area contributed by atoms with E-state index in [4.69, 9.17) is 0 Å². The molecule has 0 N–H and O–H groups in total. The Bertz CT molecular complexity index is 1110. The second-order valence-electron chi connectivity index (χ2n) is 8.60. The molecule has 2 aromatic heterocycles.